The Balaban J connectivity index is 1.49. The number of anilines is 1. The van der Waals surface area contributed by atoms with Crippen LogP contribution in [0.2, 0.25) is 0 Å². The highest BCUT2D eigenvalue weighted by atomic mass is 16.6. The lowest BCUT2D eigenvalue weighted by molar-refractivity contribution is -0.123. The van der Waals surface area contributed by atoms with Crippen molar-refractivity contribution in [1.29, 1.82) is 0 Å². The van der Waals surface area contributed by atoms with Gasteiger partial charge in [0, 0.05) is 12.2 Å². The van der Waals surface area contributed by atoms with Crippen molar-refractivity contribution in [2.75, 3.05) is 25.1 Å². The minimum Gasteiger partial charge on any atom is -0.486 e. The van der Waals surface area contributed by atoms with Gasteiger partial charge in [-0.25, -0.2) is 4.79 Å². The summed E-state index contributed by atoms with van der Waals surface area (Å²) in [5.74, 6) is 1.23. The molecule has 2 aromatic carbocycles. The van der Waals surface area contributed by atoms with E-state index in [2.05, 4.69) is 16.0 Å². The first-order chi connectivity index (χ1) is 14.0. The van der Waals surface area contributed by atoms with Gasteiger partial charge in [0.2, 0.25) is 5.91 Å². The fourth-order valence-corrected chi connectivity index (χ4v) is 3.05. The molecule has 3 N–H and O–H groups in total. The van der Waals surface area contributed by atoms with Crippen LogP contribution in [0.15, 0.2) is 48.5 Å². The lowest BCUT2D eigenvalue weighted by Gasteiger charge is -2.22. The molecular weight excluding hydrogens is 370 g/mol. The van der Waals surface area contributed by atoms with Gasteiger partial charge in [0.1, 0.15) is 19.3 Å². The van der Waals surface area contributed by atoms with Crippen LogP contribution < -0.4 is 25.4 Å². The number of urea groups is 1. The van der Waals surface area contributed by atoms with Gasteiger partial charge in [-0.1, -0.05) is 38.1 Å². The molecule has 0 saturated heterocycles. The minimum atomic E-state index is -0.626. The Hall–Kier alpha value is -3.22. The lowest BCUT2D eigenvalue weighted by atomic mass is 10.0. The number of fused-ring (bicyclic) bond motifs is 1. The first-order valence-corrected chi connectivity index (χ1v) is 9.82. The molecule has 0 fully saturated rings. The summed E-state index contributed by atoms with van der Waals surface area (Å²) in [5.41, 5.74) is 1.72. The van der Waals surface area contributed by atoms with Crippen molar-refractivity contribution in [2.24, 2.45) is 5.92 Å². The van der Waals surface area contributed by atoms with Gasteiger partial charge in [-0.2, -0.15) is 0 Å². The first-order valence-electron chi connectivity index (χ1n) is 9.82. The lowest BCUT2D eigenvalue weighted by Crippen LogP contribution is -2.51. The second-order valence-corrected chi connectivity index (χ2v) is 7.21. The second-order valence-electron chi connectivity index (χ2n) is 7.21. The summed E-state index contributed by atoms with van der Waals surface area (Å²) >= 11 is 0. The molecule has 0 unspecified atom stereocenters. The third-order valence-corrected chi connectivity index (χ3v) is 4.59. The topological polar surface area (TPSA) is 88.7 Å². The summed E-state index contributed by atoms with van der Waals surface area (Å²) in [6.45, 7) is 5.36. The molecule has 0 spiro atoms. The van der Waals surface area contributed by atoms with Gasteiger partial charge in [0.15, 0.2) is 11.5 Å². The molecule has 1 aliphatic rings. The number of ether oxygens (including phenoxy) is 2. The first kappa shape index (κ1) is 20.5. The zero-order chi connectivity index (χ0) is 20.6. The number of hydrogen-bond donors (Lipinski definition) is 3. The summed E-state index contributed by atoms with van der Waals surface area (Å²) in [7, 11) is 0. The van der Waals surface area contributed by atoms with Crippen LogP contribution >= 0.6 is 0 Å². The van der Waals surface area contributed by atoms with Crippen LogP contribution in [0, 0.1) is 5.92 Å². The van der Waals surface area contributed by atoms with Crippen LogP contribution in [0.3, 0.4) is 0 Å². The van der Waals surface area contributed by atoms with E-state index in [0.29, 0.717) is 31.9 Å². The number of amides is 3. The van der Waals surface area contributed by atoms with Gasteiger partial charge >= 0.3 is 6.03 Å². The summed E-state index contributed by atoms with van der Waals surface area (Å²) in [5, 5.41) is 8.40. The van der Waals surface area contributed by atoms with E-state index in [1.807, 2.05) is 50.2 Å². The average Bonchev–Trinajstić information content (AvgIpc) is 2.72. The fourth-order valence-electron chi connectivity index (χ4n) is 3.05. The maximum Gasteiger partial charge on any atom is 0.319 e. The van der Waals surface area contributed by atoms with Crippen molar-refractivity contribution in [3.63, 3.8) is 0 Å². The Labute approximate surface area is 170 Å². The zero-order valence-corrected chi connectivity index (χ0v) is 16.7. The highest BCUT2D eigenvalue weighted by molar-refractivity contribution is 5.93. The number of hydrogen-bond acceptors (Lipinski definition) is 4. The minimum absolute atomic E-state index is 0.0502. The van der Waals surface area contributed by atoms with Gasteiger partial charge in [-0.15, -0.1) is 0 Å². The van der Waals surface area contributed by atoms with Gasteiger partial charge in [-0.05, 0) is 42.2 Å². The molecular formula is C22H27N3O4. The molecule has 0 saturated carbocycles. The molecule has 0 radical (unpaired) electrons. The Bertz CT molecular complexity index is 839. The van der Waals surface area contributed by atoms with Crippen LogP contribution in [0.5, 0.6) is 11.5 Å². The van der Waals surface area contributed by atoms with Gasteiger partial charge in [0.25, 0.3) is 0 Å². The van der Waals surface area contributed by atoms with E-state index in [1.54, 1.807) is 12.1 Å². The molecule has 29 heavy (non-hydrogen) atoms. The maximum absolute atomic E-state index is 12.6. The molecule has 1 atom stereocenters. The van der Waals surface area contributed by atoms with E-state index in [1.165, 1.54) is 0 Å². The van der Waals surface area contributed by atoms with Crippen molar-refractivity contribution in [2.45, 2.75) is 26.3 Å². The monoisotopic (exact) mass is 397 g/mol. The zero-order valence-electron chi connectivity index (χ0n) is 16.7. The van der Waals surface area contributed by atoms with Crippen LogP contribution in [0.25, 0.3) is 0 Å². The molecule has 0 aromatic heterocycles. The molecule has 1 aliphatic heterocycles. The van der Waals surface area contributed by atoms with Crippen molar-refractivity contribution < 1.29 is 19.1 Å². The highest BCUT2D eigenvalue weighted by Gasteiger charge is 2.24. The molecule has 7 nitrogen and oxygen atoms in total. The SMILES string of the molecule is CC(C)[C@H](NC(=O)Nc1ccccc1)C(=O)NCCc1ccc2c(c1)OCCO2. The average molecular weight is 397 g/mol. The maximum atomic E-state index is 12.6. The van der Waals surface area contributed by atoms with E-state index >= 15 is 0 Å². The third-order valence-electron chi connectivity index (χ3n) is 4.59. The van der Waals surface area contributed by atoms with E-state index in [-0.39, 0.29) is 11.8 Å². The Morgan fingerprint density at radius 2 is 1.72 bits per heavy atom. The normalized spacial score (nSPS) is 13.5. The molecule has 0 aliphatic carbocycles. The number of benzene rings is 2. The number of rotatable bonds is 7. The fraction of sp³-hybridized carbons (Fsp3) is 0.364. The van der Waals surface area contributed by atoms with E-state index in [4.69, 9.17) is 9.47 Å². The number of carbonyl (C=O) groups excluding carboxylic acids is 2. The molecule has 3 amide bonds. The Morgan fingerprint density at radius 1 is 1.00 bits per heavy atom. The molecule has 154 valence electrons. The number of carbonyl (C=O) groups is 2. The Morgan fingerprint density at radius 3 is 2.45 bits per heavy atom. The highest BCUT2D eigenvalue weighted by Crippen LogP contribution is 2.30. The van der Waals surface area contributed by atoms with Crippen LogP contribution in [-0.2, 0) is 11.2 Å². The predicted molar refractivity (Wildman–Crippen MR) is 111 cm³/mol. The standard InChI is InChI=1S/C22H27N3O4/c1-15(2)20(25-22(27)24-17-6-4-3-5-7-17)21(26)23-11-10-16-8-9-18-19(14-16)29-13-12-28-18/h3-9,14-15,20H,10-13H2,1-2H3,(H,23,26)(H2,24,25,27)/t20-/m0/s1. The van der Waals surface area contributed by atoms with E-state index in [9.17, 15) is 9.59 Å². The van der Waals surface area contributed by atoms with Gasteiger partial charge in [0.05, 0.1) is 0 Å². The van der Waals surface area contributed by atoms with Crippen molar-refractivity contribution in [1.82, 2.24) is 10.6 Å². The summed E-state index contributed by atoms with van der Waals surface area (Å²) in [6, 6.07) is 13.9. The van der Waals surface area contributed by atoms with Gasteiger partial charge in [-0.3, -0.25) is 4.79 Å². The van der Waals surface area contributed by atoms with E-state index in [0.717, 1.165) is 17.1 Å². The predicted octanol–water partition coefficient (Wildman–Crippen LogP) is 2.96. The van der Waals surface area contributed by atoms with Crippen molar-refractivity contribution in [3.05, 3.63) is 54.1 Å². The Kier molecular flexibility index (Phi) is 6.94. The summed E-state index contributed by atoms with van der Waals surface area (Å²) in [6.07, 6.45) is 0.656. The van der Waals surface area contributed by atoms with Crippen molar-refractivity contribution in [3.8, 4) is 11.5 Å². The second kappa shape index (κ2) is 9.82. The molecule has 0 bridgehead atoms. The van der Waals surface area contributed by atoms with Gasteiger partial charge < -0.3 is 25.4 Å². The third kappa shape index (κ3) is 5.88. The molecule has 1 heterocycles. The van der Waals surface area contributed by atoms with Crippen LogP contribution in [0.1, 0.15) is 19.4 Å². The molecule has 7 heteroatoms. The van der Waals surface area contributed by atoms with Crippen LogP contribution in [-0.4, -0.2) is 37.7 Å². The molecule has 3 rings (SSSR count). The number of para-hydroxylation sites is 1. The summed E-state index contributed by atoms with van der Waals surface area (Å²) < 4.78 is 11.1. The van der Waals surface area contributed by atoms with Crippen molar-refractivity contribution >= 4 is 17.6 Å². The largest absolute Gasteiger partial charge is 0.486 e. The smallest absolute Gasteiger partial charge is 0.319 e. The summed E-state index contributed by atoms with van der Waals surface area (Å²) in [4.78, 5) is 24.8. The molecule has 2 aromatic rings. The van der Waals surface area contributed by atoms with Crippen LogP contribution in [0.4, 0.5) is 10.5 Å². The quantitative estimate of drug-likeness (QED) is 0.670. The number of nitrogens with one attached hydrogen (secondary N) is 3. The van der Waals surface area contributed by atoms with E-state index < -0.39 is 12.1 Å².